The molecular formula is C7H17NO3. The van der Waals surface area contributed by atoms with Gasteiger partial charge >= 0.3 is 0 Å². The summed E-state index contributed by atoms with van der Waals surface area (Å²) in [6, 6.07) is 0. The summed E-state index contributed by atoms with van der Waals surface area (Å²) in [7, 11) is 1.65. The van der Waals surface area contributed by atoms with Crippen LogP contribution in [0.2, 0.25) is 0 Å². The van der Waals surface area contributed by atoms with Crippen molar-refractivity contribution in [3.05, 3.63) is 0 Å². The maximum atomic E-state index is 5.15. The lowest BCUT2D eigenvalue weighted by Crippen LogP contribution is -2.20. The van der Waals surface area contributed by atoms with Crippen molar-refractivity contribution in [3.8, 4) is 0 Å². The maximum absolute atomic E-state index is 5.15. The van der Waals surface area contributed by atoms with E-state index < -0.39 is 0 Å². The second-order valence-corrected chi connectivity index (χ2v) is 1.93. The van der Waals surface area contributed by atoms with Gasteiger partial charge in [0.05, 0.1) is 26.4 Å². The van der Waals surface area contributed by atoms with Crippen molar-refractivity contribution in [2.45, 2.75) is 6.92 Å². The second-order valence-electron chi connectivity index (χ2n) is 1.93. The minimum Gasteiger partial charge on any atom is -0.382 e. The van der Waals surface area contributed by atoms with E-state index in [1.807, 2.05) is 6.92 Å². The van der Waals surface area contributed by atoms with Crippen molar-refractivity contribution in [1.82, 2.24) is 5.48 Å². The number of hydrogen-bond acceptors (Lipinski definition) is 4. The highest BCUT2D eigenvalue weighted by atomic mass is 16.6. The fraction of sp³-hybridized carbons (Fsp3) is 1.00. The van der Waals surface area contributed by atoms with E-state index in [4.69, 9.17) is 14.3 Å². The van der Waals surface area contributed by atoms with Crippen LogP contribution >= 0.6 is 0 Å². The Labute approximate surface area is 67.8 Å². The maximum Gasteiger partial charge on any atom is 0.0700 e. The molecule has 0 amide bonds. The van der Waals surface area contributed by atoms with Crippen LogP contribution in [0.25, 0.3) is 0 Å². The molecule has 0 atom stereocenters. The summed E-state index contributed by atoms with van der Waals surface area (Å²) in [4.78, 5) is 4.88. The molecule has 0 aromatic heterocycles. The van der Waals surface area contributed by atoms with E-state index >= 15 is 0 Å². The van der Waals surface area contributed by atoms with E-state index in [0.717, 1.165) is 6.54 Å². The number of methoxy groups -OCH3 is 1. The predicted molar refractivity (Wildman–Crippen MR) is 42.3 cm³/mol. The van der Waals surface area contributed by atoms with Gasteiger partial charge in [0.2, 0.25) is 0 Å². The van der Waals surface area contributed by atoms with E-state index in [1.165, 1.54) is 0 Å². The molecule has 0 aromatic rings. The third kappa shape index (κ3) is 9.84. The lowest BCUT2D eigenvalue weighted by atomic mass is 10.7. The van der Waals surface area contributed by atoms with Crippen molar-refractivity contribution >= 4 is 0 Å². The summed E-state index contributed by atoms with van der Waals surface area (Å²) >= 11 is 0. The molecule has 0 unspecified atom stereocenters. The molecule has 0 aliphatic rings. The highest BCUT2D eigenvalue weighted by Gasteiger charge is 1.86. The predicted octanol–water partition coefficient (Wildman–Crippen LogP) is 0.190. The van der Waals surface area contributed by atoms with Gasteiger partial charge in [-0.25, -0.2) is 5.48 Å². The normalized spacial score (nSPS) is 10.4. The van der Waals surface area contributed by atoms with E-state index in [9.17, 15) is 0 Å². The summed E-state index contributed by atoms with van der Waals surface area (Å²) < 4.78 is 9.95. The number of hydrogen-bond donors (Lipinski definition) is 1. The summed E-state index contributed by atoms with van der Waals surface area (Å²) in [6.07, 6.45) is 0. The molecule has 11 heavy (non-hydrogen) atoms. The quantitative estimate of drug-likeness (QED) is 0.409. The zero-order valence-corrected chi connectivity index (χ0v) is 7.26. The van der Waals surface area contributed by atoms with Crippen LogP contribution in [-0.4, -0.2) is 40.1 Å². The fourth-order valence-electron chi connectivity index (χ4n) is 0.532. The van der Waals surface area contributed by atoms with Gasteiger partial charge in [-0.15, -0.1) is 0 Å². The topological polar surface area (TPSA) is 39.7 Å². The largest absolute Gasteiger partial charge is 0.382 e. The Balaban J connectivity index is 2.69. The van der Waals surface area contributed by atoms with E-state index in [2.05, 4.69) is 5.48 Å². The first-order valence-electron chi connectivity index (χ1n) is 3.83. The van der Waals surface area contributed by atoms with Crippen molar-refractivity contribution in [2.75, 3.05) is 40.1 Å². The highest BCUT2D eigenvalue weighted by Crippen LogP contribution is 1.74. The lowest BCUT2D eigenvalue weighted by molar-refractivity contribution is 0.0178. The Kier molecular flexibility index (Phi) is 9.70. The van der Waals surface area contributed by atoms with Crippen LogP contribution in [0, 0.1) is 0 Å². The van der Waals surface area contributed by atoms with Gasteiger partial charge in [0.1, 0.15) is 0 Å². The highest BCUT2D eigenvalue weighted by molar-refractivity contribution is 4.32. The summed E-state index contributed by atoms with van der Waals surface area (Å²) in [6.45, 7) is 5.27. The smallest absolute Gasteiger partial charge is 0.0700 e. The third-order valence-corrected chi connectivity index (χ3v) is 1.03. The van der Waals surface area contributed by atoms with Gasteiger partial charge in [-0.3, -0.25) is 0 Å². The molecule has 0 saturated carbocycles. The van der Waals surface area contributed by atoms with E-state index in [0.29, 0.717) is 26.4 Å². The Morgan fingerprint density at radius 3 is 2.64 bits per heavy atom. The van der Waals surface area contributed by atoms with Crippen molar-refractivity contribution in [2.24, 2.45) is 0 Å². The molecule has 0 aliphatic heterocycles. The summed E-state index contributed by atoms with van der Waals surface area (Å²) in [5, 5.41) is 0. The molecule has 0 bridgehead atoms. The standard InChI is InChI=1S/C7H17NO3/c1-3-11-8-4-5-10-7-6-9-2/h8H,3-7H2,1-2H3. The molecule has 0 saturated heterocycles. The van der Waals surface area contributed by atoms with Gasteiger partial charge < -0.3 is 14.3 Å². The van der Waals surface area contributed by atoms with Crippen LogP contribution < -0.4 is 5.48 Å². The van der Waals surface area contributed by atoms with Gasteiger partial charge in [-0.2, -0.15) is 0 Å². The molecule has 0 heterocycles. The monoisotopic (exact) mass is 163 g/mol. The molecule has 0 radical (unpaired) electrons. The average molecular weight is 163 g/mol. The van der Waals surface area contributed by atoms with Gasteiger partial charge in [0.25, 0.3) is 0 Å². The fourth-order valence-corrected chi connectivity index (χ4v) is 0.532. The second kappa shape index (κ2) is 9.84. The third-order valence-electron chi connectivity index (χ3n) is 1.03. The molecule has 0 aliphatic carbocycles. The van der Waals surface area contributed by atoms with E-state index in [1.54, 1.807) is 7.11 Å². The molecule has 0 fully saturated rings. The zero-order valence-electron chi connectivity index (χ0n) is 7.26. The minimum absolute atomic E-state index is 0.643. The molecule has 1 N–H and O–H groups in total. The van der Waals surface area contributed by atoms with Crippen molar-refractivity contribution in [1.29, 1.82) is 0 Å². The SMILES string of the molecule is CCONCCOCCOC. The Bertz CT molecular complexity index is 62.7. The average Bonchev–Trinajstić information content (AvgIpc) is 2.03. The first-order valence-corrected chi connectivity index (χ1v) is 3.83. The first kappa shape index (κ1) is 10.8. The molecule has 68 valence electrons. The Hall–Kier alpha value is -0.160. The summed E-state index contributed by atoms with van der Waals surface area (Å²) in [5.41, 5.74) is 2.75. The van der Waals surface area contributed by atoms with E-state index in [-0.39, 0.29) is 0 Å². The number of nitrogens with one attached hydrogen (secondary N) is 1. The number of hydroxylamine groups is 1. The van der Waals surface area contributed by atoms with Crippen LogP contribution in [0.3, 0.4) is 0 Å². The van der Waals surface area contributed by atoms with Gasteiger partial charge in [-0.1, -0.05) is 0 Å². The van der Waals surface area contributed by atoms with Crippen molar-refractivity contribution < 1.29 is 14.3 Å². The number of rotatable bonds is 8. The first-order chi connectivity index (χ1) is 5.41. The molecule has 4 heteroatoms. The number of ether oxygens (including phenoxy) is 2. The zero-order chi connectivity index (χ0) is 8.36. The molecule has 0 aromatic carbocycles. The Morgan fingerprint density at radius 1 is 1.18 bits per heavy atom. The Morgan fingerprint density at radius 2 is 2.00 bits per heavy atom. The van der Waals surface area contributed by atoms with Crippen LogP contribution in [0.5, 0.6) is 0 Å². The van der Waals surface area contributed by atoms with Gasteiger partial charge in [0.15, 0.2) is 0 Å². The molecule has 4 nitrogen and oxygen atoms in total. The van der Waals surface area contributed by atoms with Gasteiger partial charge in [0, 0.05) is 13.7 Å². The lowest BCUT2D eigenvalue weighted by Gasteiger charge is -2.04. The van der Waals surface area contributed by atoms with Gasteiger partial charge in [-0.05, 0) is 6.92 Å². The van der Waals surface area contributed by atoms with Crippen LogP contribution in [0.15, 0.2) is 0 Å². The molecule has 0 spiro atoms. The summed E-state index contributed by atoms with van der Waals surface area (Å²) in [5.74, 6) is 0. The van der Waals surface area contributed by atoms with Crippen LogP contribution in [0.4, 0.5) is 0 Å². The molecule has 0 rings (SSSR count). The molecular weight excluding hydrogens is 146 g/mol. The van der Waals surface area contributed by atoms with Crippen LogP contribution in [-0.2, 0) is 14.3 Å². The van der Waals surface area contributed by atoms with Crippen LogP contribution in [0.1, 0.15) is 6.92 Å². The minimum atomic E-state index is 0.643. The van der Waals surface area contributed by atoms with Crippen molar-refractivity contribution in [3.63, 3.8) is 0 Å².